The Morgan fingerprint density at radius 3 is 2.31 bits per heavy atom. The Balaban J connectivity index is 1.43. The molecule has 1 saturated heterocycles. The third-order valence-electron chi connectivity index (χ3n) is 6.49. The third-order valence-corrected chi connectivity index (χ3v) is 7.83. The minimum atomic E-state index is -0.887. The summed E-state index contributed by atoms with van der Waals surface area (Å²) in [4.78, 5) is 53.0. The summed E-state index contributed by atoms with van der Waals surface area (Å²) in [6, 6.07) is 13.9. The molecule has 5 rings (SSSR count). The first-order chi connectivity index (χ1) is 20.1. The molecule has 1 aliphatic heterocycles. The maximum Gasteiger partial charge on any atom is 0.338 e. The van der Waals surface area contributed by atoms with E-state index < -0.39 is 30.4 Å². The van der Waals surface area contributed by atoms with E-state index in [-0.39, 0.29) is 34.6 Å². The molecule has 0 bridgehead atoms. The summed E-state index contributed by atoms with van der Waals surface area (Å²) >= 11 is 7.25. The number of hydrogen-bond acceptors (Lipinski definition) is 10. The van der Waals surface area contributed by atoms with E-state index in [0.29, 0.717) is 15.8 Å². The number of fused-ring (bicyclic) bond motifs is 1. The van der Waals surface area contributed by atoms with Crippen LogP contribution in [-0.2, 0) is 14.2 Å². The number of aryl methyl sites for hydroxylation is 2. The second-order valence-corrected chi connectivity index (χ2v) is 11.4. The van der Waals surface area contributed by atoms with Crippen LogP contribution in [0.2, 0.25) is 5.15 Å². The fourth-order valence-corrected chi connectivity index (χ4v) is 5.43. The highest BCUT2D eigenvalue weighted by atomic mass is 35.5. The van der Waals surface area contributed by atoms with Crippen molar-refractivity contribution in [1.29, 1.82) is 0 Å². The van der Waals surface area contributed by atoms with Crippen molar-refractivity contribution >= 4 is 57.5 Å². The lowest BCUT2D eigenvalue weighted by atomic mass is 10.1. The molecule has 42 heavy (non-hydrogen) atoms. The molecule has 11 nitrogen and oxygen atoms in total. The van der Waals surface area contributed by atoms with E-state index in [2.05, 4.69) is 15.0 Å². The quantitative estimate of drug-likeness (QED) is 0.121. The Morgan fingerprint density at radius 2 is 1.69 bits per heavy atom. The van der Waals surface area contributed by atoms with Crippen LogP contribution in [0.3, 0.4) is 0 Å². The number of hydrogen-bond donors (Lipinski definition) is 0. The summed E-state index contributed by atoms with van der Waals surface area (Å²) in [6.45, 7) is 3.62. The number of nitrogens with zero attached hydrogens (tertiary/aromatic N) is 5. The highest BCUT2D eigenvalue weighted by Gasteiger charge is 2.41. The number of esters is 2. The van der Waals surface area contributed by atoms with E-state index in [1.807, 2.05) is 38.1 Å². The molecule has 0 unspecified atom stereocenters. The number of carbonyl (C=O) groups excluding carboxylic acids is 2. The maximum atomic E-state index is 13.2. The van der Waals surface area contributed by atoms with Gasteiger partial charge in [0.05, 0.1) is 17.5 Å². The van der Waals surface area contributed by atoms with E-state index in [0.717, 1.165) is 22.5 Å². The van der Waals surface area contributed by atoms with Gasteiger partial charge >= 0.3 is 16.8 Å². The van der Waals surface area contributed by atoms with Crippen LogP contribution in [0, 0.1) is 13.8 Å². The molecule has 0 N–H and O–H groups in total. The van der Waals surface area contributed by atoms with Gasteiger partial charge in [-0.05, 0) is 38.1 Å². The van der Waals surface area contributed by atoms with Gasteiger partial charge in [-0.1, -0.05) is 58.3 Å². The van der Waals surface area contributed by atoms with E-state index in [1.165, 1.54) is 10.9 Å². The van der Waals surface area contributed by atoms with Gasteiger partial charge in [0.15, 0.2) is 10.8 Å². The first kappa shape index (κ1) is 29.4. The van der Waals surface area contributed by atoms with Gasteiger partial charge < -0.3 is 19.1 Å². The van der Waals surface area contributed by atoms with Gasteiger partial charge in [0, 0.05) is 20.5 Å². The maximum absolute atomic E-state index is 13.2. The lowest BCUT2D eigenvalue weighted by Crippen LogP contribution is -2.32. The van der Waals surface area contributed by atoms with Crippen molar-refractivity contribution in [3.8, 4) is 0 Å². The van der Waals surface area contributed by atoms with Gasteiger partial charge in [-0.25, -0.2) is 14.6 Å². The Kier molecular flexibility index (Phi) is 8.66. The van der Waals surface area contributed by atoms with Gasteiger partial charge in [-0.15, -0.1) is 0 Å². The van der Waals surface area contributed by atoms with Crippen LogP contribution < -0.4 is 4.87 Å². The number of rotatable bonds is 8. The van der Waals surface area contributed by atoms with Gasteiger partial charge in [0.2, 0.25) is 0 Å². The Bertz CT molecular complexity index is 1700. The molecule has 3 heterocycles. The van der Waals surface area contributed by atoms with Gasteiger partial charge in [0.1, 0.15) is 29.7 Å². The highest BCUT2D eigenvalue weighted by molar-refractivity contribution is 7.17. The standard InChI is InChI=1S/C29H28ClN5O6S/c1-16-5-9-18(10-6-16)26(36)39-14-21-20(41-27(37)19-11-7-17(2)8-12-19)13-22(40-21)35-25-23(42-29(35)38)24(30)32-28(33-25)31-15-34(3)4/h5-12,15,20-22H,13-14H2,1-4H3/b31-15-/t20-,21+,22+/m0/s1. The van der Waals surface area contributed by atoms with Crippen LogP contribution in [0.1, 0.15) is 44.5 Å². The molecule has 4 aromatic rings. The van der Waals surface area contributed by atoms with Crippen molar-refractivity contribution in [3.63, 3.8) is 0 Å². The molecule has 1 aliphatic rings. The van der Waals surface area contributed by atoms with Gasteiger partial charge in [-0.3, -0.25) is 9.36 Å². The molecule has 3 atom stereocenters. The molecular formula is C29H28ClN5O6S. The molecular weight excluding hydrogens is 582 g/mol. The largest absolute Gasteiger partial charge is 0.459 e. The number of ether oxygens (including phenoxy) is 3. The summed E-state index contributed by atoms with van der Waals surface area (Å²) < 4.78 is 19.3. The highest BCUT2D eigenvalue weighted by Crippen LogP contribution is 2.35. The van der Waals surface area contributed by atoms with Crippen molar-refractivity contribution < 1.29 is 23.8 Å². The monoisotopic (exact) mass is 609 g/mol. The molecule has 13 heteroatoms. The molecule has 0 amide bonds. The number of aromatic nitrogens is 3. The summed E-state index contributed by atoms with van der Waals surface area (Å²) in [5.41, 5.74) is 2.97. The molecule has 2 aromatic heterocycles. The van der Waals surface area contributed by atoms with Crippen LogP contribution in [0.5, 0.6) is 0 Å². The molecule has 1 fully saturated rings. The molecule has 0 saturated carbocycles. The van der Waals surface area contributed by atoms with E-state index in [9.17, 15) is 14.4 Å². The van der Waals surface area contributed by atoms with Crippen LogP contribution in [-0.4, -0.2) is 70.6 Å². The number of carbonyl (C=O) groups is 2. The average Bonchev–Trinajstić information content (AvgIpc) is 3.50. The SMILES string of the molecule is Cc1ccc(C(=O)OC[C@H]2O[C@@H](n3c(=O)sc4c(Cl)nc(/N=C\N(C)C)nc43)C[C@@H]2OC(=O)c2ccc(C)cc2)cc1. The summed E-state index contributed by atoms with van der Waals surface area (Å²) in [5.74, 6) is -1.05. The number of benzene rings is 2. The second-order valence-electron chi connectivity index (χ2n) is 10.1. The number of aliphatic imine (C=N–C) groups is 1. The van der Waals surface area contributed by atoms with E-state index in [1.54, 1.807) is 43.3 Å². The van der Waals surface area contributed by atoms with Crippen LogP contribution in [0.4, 0.5) is 5.95 Å². The number of thiazole rings is 1. The summed E-state index contributed by atoms with van der Waals surface area (Å²) in [6.07, 6.45) is -0.961. The van der Waals surface area contributed by atoms with Gasteiger partial charge in [0.25, 0.3) is 5.95 Å². The Hall–Kier alpha value is -4.13. The third kappa shape index (κ3) is 6.51. The predicted octanol–water partition coefficient (Wildman–Crippen LogP) is 4.71. The molecule has 0 aliphatic carbocycles. The second kappa shape index (κ2) is 12.4. The van der Waals surface area contributed by atoms with Crippen molar-refractivity contribution in [1.82, 2.24) is 19.4 Å². The summed E-state index contributed by atoms with van der Waals surface area (Å²) in [5, 5.41) is 0.0793. The van der Waals surface area contributed by atoms with Gasteiger partial charge in [-0.2, -0.15) is 9.97 Å². The van der Waals surface area contributed by atoms with Crippen LogP contribution in [0.25, 0.3) is 10.3 Å². The zero-order valence-corrected chi connectivity index (χ0v) is 24.9. The van der Waals surface area contributed by atoms with Crippen molar-refractivity contribution in [3.05, 3.63) is 85.6 Å². The zero-order valence-electron chi connectivity index (χ0n) is 23.3. The average molecular weight is 610 g/mol. The van der Waals surface area contributed by atoms with Crippen LogP contribution in [0.15, 0.2) is 58.3 Å². The van der Waals surface area contributed by atoms with Crippen molar-refractivity contribution in [2.24, 2.45) is 4.99 Å². The predicted molar refractivity (Wildman–Crippen MR) is 159 cm³/mol. The molecule has 218 valence electrons. The first-order valence-electron chi connectivity index (χ1n) is 13.0. The Morgan fingerprint density at radius 1 is 1.07 bits per heavy atom. The van der Waals surface area contributed by atoms with Crippen molar-refractivity contribution in [2.75, 3.05) is 20.7 Å². The smallest absolute Gasteiger partial charge is 0.338 e. The molecule has 0 spiro atoms. The first-order valence-corrected chi connectivity index (χ1v) is 14.2. The normalized spacial score (nSPS) is 18.5. The number of halogens is 1. The molecule has 0 radical (unpaired) electrons. The topological polar surface area (TPSA) is 125 Å². The fourth-order valence-electron chi connectivity index (χ4n) is 4.31. The Labute approximate surface area is 250 Å². The van der Waals surface area contributed by atoms with Crippen LogP contribution >= 0.6 is 22.9 Å². The lowest BCUT2D eigenvalue weighted by Gasteiger charge is -2.19. The molecule has 2 aromatic carbocycles. The van der Waals surface area contributed by atoms with E-state index in [4.69, 9.17) is 25.8 Å². The fraction of sp³-hybridized carbons (Fsp3) is 0.310. The zero-order chi connectivity index (χ0) is 30.0. The lowest BCUT2D eigenvalue weighted by molar-refractivity contribution is -0.0567. The minimum Gasteiger partial charge on any atom is -0.459 e. The minimum absolute atomic E-state index is 0.0664. The van der Waals surface area contributed by atoms with E-state index >= 15 is 0 Å². The summed E-state index contributed by atoms with van der Waals surface area (Å²) in [7, 11) is 3.58. The van der Waals surface area contributed by atoms with Crippen molar-refractivity contribution in [2.45, 2.75) is 38.7 Å².